The second-order valence-electron chi connectivity index (χ2n) is 9.02. The quantitative estimate of drug-likeness (QED) is 0.883. The minimum Gasteiger partial charge on any atom is -0.353 e. The zero-order chi connectivity index (χ0) is 16.2. The molecule has 5 rings (SSSR count). The molecule has 1 N–H and O–H groups in total. The van der Waals surface area contributed by atoms with Crippen molar-refractivity contribution in [3.63, 3.8) is 0 Å². The van der Waals surface area contributed by atoms with Crippen molar-refractivity contribution in [2.75, 3.05) is 0 Å². The normalized spacial score (nSPS) is 38.1. The van der Waals surface area contributed by atoms with Gasteiger partial charge in [0.2, 0.25) is 5.91 Å². The fourth-order valence-corrected chi connectivity index (χ4v) is 6.19. The summed E-state index contributed by atoms with van der Waals surface area (Å²) in [6.45, 7) is 6.31. The van der Waals surface area contributed by atoms with Gasteiger partial charge in [-0.1, -0.05) is 29.8 Å². The van der Waals surface area contributed by atoms with Crippen LogP contribution >= 0.6 is 0 Å². The van der Waals surface area contributed by atoms with Crippen LogP contribution in [0.2, 0.25) is 0 Å². The number of benzene rings is 1. The maximum atomic E-state index is 13.0. The van der Waals surface area contributed by atoms with Gasteiger partial charge in [0.1, 0.15) is 0 Å². The van der Waals surface area contributed by atoms with E-state index in [0.717, 1.165) is 31.1 Å². The van der Waals surface area contributed by atoms with Crippen molar-refractivity contribution in [1.82, 2.24) is 5.32 Å². The van der Waals surface area contributed by atoms with Gasteiger partial charge in [-0.05, 0) is 82.1 Å². The highest BCUT2D eigenvalue weighted by molar-refractivity contribution is 5.83. The first-order chi connectivity index (χ1) is 10.9. The Bertz CT molecular complexity index is 601. The smallest absolute Gasteiger partial charge is 0.226 e. The summed E-state index contributed by atoms with van der Waals surface area (Å²) < 4.78 is 0. The molecule has 2 heteroatoms. The van der Waals surface area contributed by atoms with E-state index in [1.165, 1.54) is 30.4 Å². The van der Waals surface area contributed by atoms with Crippen LogP contribution in [0.4, 0.5) is 0 Å². The van der Waals surface area contributed by atoms with Gasteiger partial charge in [0, 0.05) is 6.04 Å². The average molecular weight is 311 g/mol. The number of aryl methyl sites for hydroxylation is 1. The fraction of sp³-hybridized carbons (Fsp3) is 0.667. The summed E-state index contributed by atoms with van der Waals surface area (Å²) in [6.07, 6.45) is 7.25. The molecule has 4 aliphatic carbocycles. The molecule has 1 aromatic rings. The van der Waals surface area contributed by atoms with E-state index in [9.17, 15) is 4.79 Å². The van der Waals surface area contributed by atoms with Crippen molar-refractivity contribution in [3.8, 4) is 0 Å². The third kappa shape index (κ3) is 2.42. The molecule has 0 radical (unpaired) electrons. The van der Waals surface area contributed by atoms with Crippen LogP contribution in [0.1, 0.15) is 63.5 Å². The zero-order valence-electron chi connectivity index (χ0n) is 14.7. The molecule has 4 aliphatic rings. The standard InChI is InChI=1S/C21H29NO/c1-14(2)22-19(23)21-11-16-8-17(12-21)10-20(9-16,13-21)18-6-4-15(3)5-7-18/h4-7,14,16-17H,8-13H2,1-3H3,(H,22,23)/t16-,17+,20?,21?. The largest absolute Gasteiger partial charge is 0.353 e. The number of carbonyl (C=O) groups is 1. The Balaban J connectivity index is 1.70. The van der Waals surface area contributed by atoms with Gasteiger partial charge in [0.05, 0.1) is 5.41 Å². The Hall–Kier alpha value is -1.31. The maximum Gasteiger partial charge on any atom is 0.226 e. The molecule has 4 saturated carbocycles. The molecule has 1 amide bonds. The third-order valence-corrected chi connectivity index (χ3v) is 6.63. The zero-order valence-corrected chi connectivity index (χ0v) is 14.7. The summed E-state index contributed by atoms with van der Waals surface area (Å²) in [7, 11) is 0. The maximum absolute atomic E-state index is 13.0. The number of amides is 1. The second kappa shape index (κ2) is 5.09. The molecule has 0 spiro atoms. The van der Waals surface area contributed by atoms with Crippen LogP contribution in [0, 0.1) is 24.2 Å². The van der Waals surface area contributed by atoms with Gasteiger partial charge in [-0.3, -0.25) is 4.79 Å². The highest BCUT2D eigenvalue weighted by Crippen LogP contribution is 2.65. The second-order valence-corrected chi connectivity index (χ2v) is 9.02. The van der Waals surface area contributed by atoms with E-state index in [-0.39, 0.29) is 16.9 Å². The Morgan fingerprint density at radius 1 is 1.09 bits per heavy atom. The Kier molecular flexibility index (Phi) is 3.37. The minimum atomic E-state index is -0.0980. The lowest BCUT2D eigenvalue weighted by Gasteiger charge is -2.61. The van der Waals surface area contributed by atoms with Crippen molar-refractivity contribution in [2.24, 2.45) is 17.3 Å². The van der Waals surface area contributed by atoms with Gasteiger partial charge in [-0.25, -0.2) is 0 Å². The number of hydrogen-bond acceptors (Lipinski definition) is 1. The highest BCUT2D eigenvalue weighted by atomic mass is 16.2. The molecule has 4 fully saturated rings. The Labute approximate surface area is 140 Å². The van der Waals surface area contributed by atoms with Crippen molar-refractivity contribution in [3.05, 3.63) is 35.4 Å². The molecular formula is C21H29NO. The van der Waals surface area contributed by atoms with Gasteiger partial charge < -0.3 is 5.32 Å². The van der Waals surface area contributed by atoms with Crippen LogP contribution in [-0.2, 0) is 10.2 Å². The van der Waals surface area contributed by atoms with Crippen LogP contribution in [0.25, 0.3) is 0 Å². The van der Waals surface area contributed by atoms with E-state index in [2.05, 4.69) is 50.4 Å². The van der Waals surface area contributed by atoms with E-state index in [1.807, 2.05) is 0 Å². The molecule has 0 heterocycles. The number of rotatable bonds is 3. The van der Waals surface area contributed by atoms with Crippen molar-refractivity contribution in [1.29, 1.82) is 0 Å². The van der Waals surface area contributed by atoms with E-state index < -0.39 is 0 Å². The summed E-state index contributed by atoms with van der Waals surface area (Å²) in [5.74, 6) is 1.82. The summed E-state index contributed by atoms with van der Waals surface area (Å²) in [6, 6.07) is 9.39. The van der Waals surface area contributed by atoms with Gasteiger partial charge in [-0.2, -0.15) is 0 Å². The van der Waals surface area contributed by atoms with E-state index in [0.29, 0.717) is 5.91 Å². The molecule has 4 bridgehead atoms. The third-order valence-electron chi connectivity index (χ3n) is 6.63. The van der Waals surface area contributed by atoms with Gasteiger partial charge in [-0.15, -0.1) is 0 Å². The molecule has 124 valence electrons. The molecule has 2 nitrogen and oxygen atoms in total. The van der Waals surface area contributed by atoms with E-state index >= 15 is 0 Å². The molecule has 0 aromatic heterocycles. The first kappa shape index (κ1) is 15.2. The van der Waals surface area contributed by atoms with Crippen LogP contribution in [0.5, 0.6) is 0 Å². The van der Waals surface area contributed by atoms with E-state index in [1.54, 1.807) is 0 Å². The fourth-order valence-electron chi connectivity index (χ4n) is 6.19. The highest BCUT2D eigenvalue weighted by Gasteiger charge is 2.60. The molecular weight excluding hydrogens is 282 g/mol. The summed E-state index contributed by atoms with van der Waals surface area (Å²) in [5, 5.41) is 3.24. The van der Waals surface area contributed by atoms with Crippen LogP contribution in [-0.4, -0.2) is 11.9 Å². The summed E-state index contributed by atoms with van der Waals surface area (Å²) >= 11 is 0. The monoisotopic (exact) mass is 311 g/mol. The molecule has 23 heavy (non-hydrogen) atoms. The lowest BCUT2D eigenvalue weighted by molar-refractivity contribution is -0.149. The van der Waals surface area contributed by atoms with E-state index in [4.69, 9.17) is 0 Å². The average Bonchev–Trinajstić information content (AvgIpc) is 2.45. The Morgan fingerprint density at radius 3 is 2.26 bits per heavy atom. The molecule has 1 aromatic carbocycles. The SMILES string of the molecule is Cc1ccc(C23C[C@@H]4C[C@@H](CC(C(=O)NC(C)C)(C4)C2)C3)cc1. The summed E-state index contributed by atoms with van der Waals surface area (Å²) in [5.41, 5.74) is 2.97. The van der Waals surface area contributed by atoms with Crippen LogP contribution < -0.4 is 5.32 Å². The summed E-state index contributed by atoms with van der Waals surface area (Å²) in [4.78, 5) is 13.0. The minimum absolute atomic E-state index is 0.0980. The first-order valence-corrected chi connectivity index (χ1v) is 9.29. The predicted molar refractivity (Wildman–Crippen MR) is 93.3 cm³/mol. The Morgan fingerprint density at radius 2 is 1.70 bits per heavy atom. The first-order valence-electron chi connectivity index (χ1n) is 9.29. The molecule has 2 unspecified atom stereocenters. The lowest BCUT2D eigenvalue weighted by Crippen LogP contribution is -2.59. The predicted octanol–water partition coefficient (Wildman–Crippen LogP) is 4.36. The van der Waals surface area contributed by atoms with Crippen LogP contribution in [0.15, 0.2) is 24.3 Å². The van der Waals surface area contributed by atoms with Gasteiger partial charge in [0.25, 0.3) is 0 Å². The number of nitrogens with one attached hydrogen (secondary N) is 1. The van der Waals surface area contributed by atoms with Crippen molar-refractivity contribution in [2.45, 2.75) is 70.8 Å². The lowest BCUT2D eigenvalue weighted by atomic mass is 9.42. The number of hydrogen-bond donors (Lipinski definition) is 1. The van der Waals surface area contributed by atoms with Gasteiger partial charge >= 0.3 is 0 Å². The molecule has 0 saturated heterocycles. The molecule has 0 aliphatic heterocycles. The topological polar surface area (TPSA) is 29.1 Å². The van der Waals surface area contributed by atoms with Gasteiger partial charge in [0.15, 0.2) is 0 Å². The van der Waals surface area contributed by atoms with Crippen LogP contribution in [0.3, 0.4) is 0 Å². The van der Waals surface area contributed by atoms with Crippen molar-refractivity contribution >= 4 is 5.91 Å². The van der Waals surface area contributed by atoms with Crippen molar-refractivity contribution < 1.29 is 4.79 Å². The number of carbonyl (C=O) groups excluding carboxylic acids is 1. The molecule has 4 atom stereocenters.